The zero-order valence-corrected chi connectivity index (χ0v) is 33.1. The van der Waals surface area contributed by atoms with Crippen molar-refractivity contribution in [3.63, 3.8) is 0 Å². The predicted molar refractivity (Wildman–Crippen MR) is 179 cm³/mol. The van der Waals surface area contributed by atoms with Gasteiger partial charge in [-0.05, 0) is 39.2 Å². The van der Waals surface area contributed by atoms with Crippen molar-refractivity contribution >= 4 is 11.9 Å². The van der Waals surface area contributed by atoms with Gasteiger partial charge in [-0.2, -0.15) is 0 Å². The molecule has 0 spiro atoms. The summed E-state index contributed by atoms with van der Waals surface area (Å²) in [5.41, 5.74) is 3.64. The lowest BCUT2D eigenvalue weighted by Crippen LogP contribution is -3.00. The van der Waals surface area contributed by atoms with Crippen molar-refractivity contribution in [2.75, 3.05) is 0 Å². The Hall–Kier alpha value is -1.51. The summed E-state index contributed by atoms with van der Waals surface area (Å²) in [5.74, 6) is -1.25. The standard InChI is InChI=1S/C38H62N2O4.2BrH/c1-8-11-12-13-14-15-16-17-18-19-20-21-22-23-26-40-27-24-25-33(28-40)36-34(37(41)43-29(4)9-2)31(6)39-32(7)35(36)38(42)44-30(5)10-3;;/h24-25,27-30,36H,8-23,26H2,1-7H3;2*1H. The third kappa shape index (κ3) is 15.6. The molecular formula is C38H64Br2N2O4. The smallest absolute Gasteiger partial charge is 0.340 e. The molecule has 2 N–H and O–H groups in total. The van der Waals surface area contributed by atoms with E-state index < -0.39 is 5.92 Å². The number of aromatic nitrogens is 1. The van der Waals surface area contributed by atoms with Gasteiger partial charge in [-0.1, -0.05) is 97.8 Å². The van der Waals surface area contributed by atoms with Crippen LogP contribution in [0.25, 0.3) is 0 Å². The first-order chi connectivity index (χ1) is 21.2. The number of carbonyl (C=O) groups excluding carboxylic acids is 2. The Morgan fingerprint density at radius 2 is 1.13 bits per heavy atom. The zero-order valence-electron chi connectivity index (χ0n) is 30.0. The summed E-state index contributed by atoms with van der Waals surface area (Å²) in [5, 5.41) is 1.92. The van der Waals surface area contributed by atoms with Crippen molar-refractivity contribution in [3.05, 3.63) is 52.6 Å². The molecule has 8 heteroatoms. The first-order valence-electron chi connectivity index (χ1n) is 17.9. The summed E-state index contributed by atoms with van der Waals surface area (Å²) in [6.45, 7) is 14.9. The number of unbranched alkanes of at least 4 members (excludes halogenated alkanes) is 13. The SMILES string of the molecule is CCCCCCCCCCCCCCCC[n+]1cccc(C2C(C(=O)OC(C)CC)=C(C)[NH2+]C(C)=C2C(=O)OC(C)CC)c1.[Br-].[Br-]. The molecular weight excluding hydrogens is 708 g/mol. The van der Waals surface area contributed by atoms with E-state index in [0.29, 0.717) is 11.1 Å². The lowest BCUT2D eigenvalue weighted by Gasteiger charge is -2.28. The highest BCUT2D eigenvalue weighted by Gasteiger charge is 2.42. The van der Waals surface area contributed by atoms with Gasteiger partial charge in [0.05, 0.1) is 18.1 Å². The molecule has 1 aromatic heterocycles. The van der Waals surface area contributed by atoms with Gasteiger partial charge in [0.1, 0.15) is 29.1 Å². The van der Waals surface area contributed by atoms with Crippen LogP contribution in [0.1, 0.15) is 163 Å². The number of carbonyl (C=O) groups is 2. The number of quaternary nitrogens is 1. The summed E-state index contributed by atoms with van der Waals surface area (Å²) in [6, 6.07) is 4.04. The fourth-order valence-corrected chi connectivity index (χ4v) is 5.97. The van der Waals surface area contributed by atoms with E-state index in [2.05, 4.69) is 23.9 Å². The molecule has 0 radical (unpaired) electrons. The monoisotopic (exact) mass is 770 g/mol. The van der Waals surface area contributed by atoms with Crippen LogP contribution in [0.3, 0.4) is 0 Å². The maximum absolute atomic E-state index is 13.5. The van der Waals surface area contributed by atoms with Crippen molar-refractivity contribution in [3.8, 4) is 0 Å². The summed E-state index contributed by atoms with van der Waals surface area (Å²) in [4.78, 5) is 27.1. The van der Waals surface area contributed by atoms with Crippen LogP contribution < -0.4 is 43.8 Å². The van der Waals surface area contributed by atoms with E-state index in [0.717, 1.165) is 42.8 Å². The number of nitrogens with zero attached hydrogens (tertiary/aromatic N) is 1. The average molecular weight is 773 g/mol. The Bertz CT molecular complexity index is 1040. The van der Waals surface area contributed by atoms with Gasteiger partial charge in [0.15, 0.2) is 12.4 Å². The van der Waals surface area contributed by atoms with Gasteiger partial charge in [-0.25, -0.2) is 14.2 Å². The highest BCUT2D eigenvalue weighted by Crippen LogP contribution is 2.37. The molecule has 1 aliphatic rings. The molecule has 1 aromatic rings. The molecule has 264 valence electrons. The number of halogens is 2. The fraction of sp³-hybridized carbons (Fsp3) is 0.711. The molecule has 0 amide bonds. The lowest BCUT2D eigenvalue weighted by molar-refractivity contribution is -0.697. The van der Waals surface area contributed by atoms with Gasteiger partial charge < -0.3 is 43.4 Å². The van der Waals surface area contributed by atoms with Crippen LogP contribution in [-0.4, -0.2) is 24.1 Å². The van der Waals surface area contributed by atoms with Gasteiger partial charge >= 0.3 is 11.9 Å². The number of hydrogen-bond acceptors (Lipinski definition) is 4. The first kappa shape index (κ1) is 44.5. The minimum absolute atomic E-state index is 0. The Morgan fingerprint density at radius 3 is 1.54 bits per heavy atom. The van der Waals surface area contributed by atoms with Crippen molar-refractivity contribution in [1.82, 2.24) is 0 Å². The largest absolute Gasteiger partial charge is 1.00 e. The van der Waals surface area contributed by atoms with Crippen molar-refractivity contribution in [2.24, 2.45) is 0 Å². The highest BCUT2D eigenvalue weighted by molar-refractivity contribution is 5.99. The van der Waals surface area contributed by atoms with Crippen LogP contribution in [0.5, 0.6) is 0 Å². The number of allylic oxidation sites excluding steroid dienone is 2. The normalized spacial score (nSPS) is 15.9. The molecule has 2 unspecified atom stereocenters. The van der Waals surface area contributed by atoms with E-state index in [1.54, 1.807) is 0 Å². The second-order valence-electron chi connectivity index (χ2n) is 13.0. The van der Waals surface area contributed by atoms with E-state index >= 15 is 0 Å². The maximum atomic E-state index is 13.5. The predicted octanol–water partition coefficient (Wildman–Crippen LogP) is 2.36. The minimum atomic E-state index is -0.531. The van der Waals surface area contributed by atoms with Gasteiger partial charge in [-0.15, -0.1) is 0 Å². The molecule has 6 nitrogen and oxygen atoms in total. The van der Waals surface area contributed by atoms with Crippen LogP contribution in [-0.2, 0) is 25.6 Å². The van der Waals surface area contributed by atoms with E-state index in [1.165, 1.54) is 83.5 Å². The Kier molecular flexibility index (Phi) is 24.7. The Labute approximate surface area is 302 Å². The van der Waals surface area contributed by atoms with E-state index in [9.17, 15) is 9.59 Å². The molecule has 0 aromatic carbocycles. The molecule has 2 atom stereocenters. The molecule has 0 aliphatic carbocycles. The molecule has 1 aliphatic heterocycles. The van der Waals surface area contributed by atoms with Crippen LogP contribution in [0.15, 0.2) is 47.1 Å². The quantitative estimate of drug-likeness (QED) is 0.112. The molecule has 2 rings (SSSR count). The first-order valence-corrected chi connectivity index (χ1v) is 17.9. The summed E-state index contributed by atoms with van der Waals surface area (Å²) < 4.78 is 13.8. The number of ether oxygens (including phenoxy) is 2. The third-order valence-corrected chi connectivity index (χ3v) is 9.05. The molecule has 0 saturated heterocycles. The van der Waals surface area contributed by atoms with Crippen molar-refractivity contribution in [1.29, 1.82) is 0 Å². The van der Waals surface area contributed by atoms with Crippen molar-refractivity contribution in [2.45, 2.75) is 176 Å². The number of esters is 2. The fourth-order valence-electron chi connectivity index (χ4n) is 5.97. The van der Waals surface area contributed by atoms with Crippen LogP contribution in [0.2, 0.25) is 0 Å². The highest BCUT2D eigenvalue weighted by atomic mass is 79.9. The third-order valence-electron chi connectivity index (χ3n) is 9.05. The van der Waals surface area contributed by atoms with E-state index in [1.807, 2.05) is 59.0 Å². The number of hydrogen-bond donors (Lipinski definition) is 1. The molecule has 0 saturated carbocycles. The van der Waals surface area contributed by atoms with Crippen LogP contribution in [0.4, 0.5) is 0 Å². The van der Waals surface area contributed by atoms with Gasteiger partial charge in [0.2, 0.25) is 0 Å². The number of aryl methyl sites for hydroxylation is 1. The summed E-state index contributed by atoms with van der Waals surface area (Å²) in [7, 11) is 0. The maximum Gasteiger partial charge on any atom is 0.340 e. The zero-order chi connectivity index (χ0) is 32.3. The summed E-state index contributed by atoms with van der Waals surface area (Å²) in [6.07, 6.45) is 24.0. The van der Waals surface area contributed by atoms with E-state index in [-0.39, 0.29) is 58.1 Å². The second kappa shape index (κ2) is 25.5. The molecule has 0 fully saturated rings. The van der Waals surface area contributed by atoms with E-state index in [4.69, 9.17) is 9.47 Å². The van der Waals surface area contributed by atoms with Crippen LogP contribution in [0, 0.1) is 0 Å². The average Bonchev–Trinajstić information content (AvgIpc) is 3.00. The molecule has 0 bridgehead atoms. The minimum Gasteiger partial charge on any atom is -1.00 e. The van der Waals surface area contributed by atoms with Crippen molar-refractivity contribution < 1.29 is 62.9 Å². The van der Waals surface area contributed by atoms with Gasteiger partial charge in [0.25, 0.3) is 0 Å². The Balaban J connectivity index is 0.0000101. The second-order valence-corrected chi connectivity index (χ2v) is 13.0. The van der Waals surface area contributed by atoms with Gasteiger partial charge in [0, 0.05) is 31.9 Å². The molecule has 2 heterocycles. The topological polar surface area (TPSA) is 73.1 Å². The molecule has 46 heavy (non-hydrogen) atoms. The lowest BCUT2D eigenvalue weighted by atomic mass is 9.81. The van der Waals surface area contributed by atoms with Crippen LogP contribution >= 0.6 is 0 Å². The number of pyridine rings is 1. The van der Waals surface area contributed by atoms with Gasteiger partial charge in [-0.3, -0.25) is 5.32 Å². The number of rotatable bonds is 22. The Morgan fingerprint density at radius 1 is 0.717 bits per heavy atom. The summed E-state index contributed by atoms with van der Waals surface area (Å²) >= 11 is 0. The number of nitrogens with two attached hydrogens (primary N) is 1.